The van der Waals surface area contributed by atoms with Crippen molar-refractivity contribution in [1.82, 2.24) is 4.90 Å². The van der Waals surface area contributed by atoms with Crippen LogP contribution in [0, 0.1) is 0 Å². The molecule has 1 aliphatic rings. The molecule has 0 saturated carbocycles. The summed E-state index contributed by atoms with van der Waals surface area (Å²) in [4.78, 5) is 21.4. The third-order valence-corrected chi connectivity index (χ3v) is 2.88. The van der Waals surface area contributed by atoms with Crippen LogP contribution in [-0.4, -0.2) is 49.2 Å². The Bertz CT molecular complexity index is 590. The van der Waals surface area contributed by atoms with Gasteiger partial charge in [-0.25, -0.2) is 9.79 Å². The molecule has 0 spiro atoms. The first-order chi connectivity index (χ1) is 10.5. The molecule has 9 heteroatoms. The van der Waals surface area contributed by atoms with Gasteiger partial charge in [0.25, 0.3) is 0 Å². The summed E-state index contributed by atoms with van der Waals surface area (Å²) in [6.45, 7) is 2.24. The Morgan fingerprint density at radius 2 is 1.95 bits per heavy atom. The van der Waals surface area contributed by atoms with Crippen LogP contribution in [0.2, 0.25) is 0 Å². The first-order valence-corrected chi connectivity index (χ1v) is 6.72. The van der Waals surface area contributed by atoms with Crippen LogP contribution in [0.3, 0.4) is 0 Å². The predicted octanol–water partition coefficient (Wildman–Crippen LogP) is -0.230. The molecule has 1 aromatic rings. The minimum atomic E-state index is -0.179. The Kier molecular flexibility index (Phi) is 5.15. The minimum absolute atomic E-state index is 0.0587. The maximum atomic E-state index is 12.1. The van der Waals surface area contributed by atoms with E-state index in [1.54, 1.807) is 29.2 Å². The SMILES string of the molecule is NC(N)=NC(N)=Nc1cccc(NC(=O)N2CCOCC2)c1. The average Bonchev–Trinajstić information content (AvgIpc) is 2.47. The van der Waals surface area contributed by atoms with Crippen molar-refractivity contribution in [2.24, 2.45) is 27.2 Å². The highest BCUT2D eigenvalue weighted by Crippen LogP contribution is 2.18. The normalized spacial score (nSPS) is 15.3. The van der Waals surface area contributed by atoms with Crippen molar-refractivity contribution in [2.45, 2.75) is 0 Å². The summed E-state index contributed by atoms with van der Waals surface area (Å²) in [5, 5.41) is 2.80. The Balaban J connectivity index is 2.05. The molecule has 0 atom stereocenters. The third kappa shape index (κ3) is 4.63. The molecule has 0 bridgehead atoms. The van der Waals surface area contributed by atoms with Gasteiger partial charge in [-0.15, -0.1) is 0 Å². The molecule has 9 nitrogen and oxygen atoms in total. The molecule has 2 amide bonds. The molecule has 2 rings (SSSR count). The summed E-state index contributed by atoms with van der Waals surface area (Å²) >= 11 is 0. The van der Waals surface area contributed by atoms with Gasteiger partial charge in [-0.1, -0.05) is 6.07 Å². The van der Waals surface area contributed by atoms with Crippen molar-refractivity contribution in [1.29, 1.82) is 0 Å². The van der Waals surface area contributed by atoms with Crippen molar-refractivity contribution in [3.8, 4) is 0 Å². The van der Waals surface area contributed by atoms with Gasteiger partial charge in [0, 0.05) is 18.8 Å². The van der Waals surface area contributed by atoms with E-state index in [0.29, 0.717) is 37.7 Å². The average molecular weight is 305 g/mol. The number of ether oxygens (including phenoxy) is 1. The van der Waals surface area contributed by atoms with Crippen molar-refractivity contribution < 1.29 is 9.53 Å². The number of rotatable bonds is 2. The number of morpholine rings is 1. The van der Waals surface area contributed by atoms with Crippen molar-refractivity contribution in [3.63, 3.8) is 0 Å². The van der Waals surface area contributed by atoms with Gasteiger partial charge >= 0.3 is 6.03 Å². The second-order valence-corrected chi connectivity index (χ2v) is 4.59. The van der Waals surface area contributed by atoms with Crippen LogP contribution < -0.4 is 22.5 Å². The number of hydrogen-bond acceptors (Lipinski definition) is 3. The molecule has 0 aromatic heterocycles. The second-order valence-electron chi connectivity index (χ2n) is 4.59. The Morgan fingerprint density at radius 1 is 1.23 bits per heavy atom. The van der Waals surface area contributed by atoms with E-state index in [4.69, 9.17) is 21.9 Å². The summed E-state index contributed by atoms with van der Waals surface area (Å²) in [6, 6.07) is 6.72. The molecule has 1 heterocycles. The van der Waals surface area contributed by atoms with Crippen LogP contribution in [0.4, 0.5) is 16.2 Å². The van der Waals surface area contributed by atoms with Gasteiger partial charge in [0.15, 0.2) is 5.96 Å². The lowest BCUT2D eigenvalue weighted by molar-refractivity contribution is 0.0564. The fraction of sp³-hybridized carbons (Fsp3) is 0.308. The summed E-state index contributed by atoms with van der Waals surface area (Å²) in [5.74, 6) is -0.227. The van der Waals surface area contributed by atoms with Gasteiger partial charge in [0.2, 0.25) is 5.96 Å². The molecule has 1 saturated heterocycles. The summed E-state index contributed by atoms with van der Waals surface area (Å²) in [7, 11) is 0. The number of aliphatic imine (C=N–C) groups is 2. The van der Waals surface area contributed by atoms with E-state index < -0.39 is 0 Å². The van der Waals surface area contributed by atoms with Gasteiger partial charge in [-0.2, -0.15) is 4.99 Å². The number of anilines is 1. The van der Waals surface area contributed by atoms with Gasteiger partial charge in [-0.3, -0.25) is 0 Å². The maximum absolute atomic E-state index is 12.1. The lowest BCUT2D eigenvalue weighted by atomic mass is 10.3. The van der Waals surface area contributed by atoms with Crippen molar-refractivity contribution >= 4 is 29.3 Å². The van der Waals surface area contributed by atoms with Gasteiger partial charge in [0.1, 0.15) is 0 Å². The number of urea groups is 1. The zero-order valence-electron chi connectivity index (χ0n) is 12.0. The van der Waals surface area contributed by atoms with E-state index in [0.717, 1.165) is 0 Å². The number of nitrogens with two attached hydrogens (primary N) is 3. The molecule has 0 aliphatic carbocycles. The molecule has 1 fully saturated rings. The largest absolute Gasteiger partial charge is 0.378 e. The molecule has 1 aromatic carbocycles. The van der Waals surface area contributed by atoms with E-state index >= 15 is 0 Å². The molecule has 0 radical (unpaired) electrons. The fourth-order valence-corrected chi connectivity index (χ4v) is 1.91. The number of nitrogens with zero attached hydrogens (tertiary/aromatic N) is 3. The molecule has 0 unspecified atom stereocenters. The van der Waals surface area contributed by atoms with Crippen LogP contribution in [0.15, 0.2) is 34.3 Å². The molecule has 22 heavy (non-hydrogen) atoms. The monoisotopic (exact) mass is 305 g/mol. The van der Waals surface area contributed by atoms with Crippen molar-refractivity contribution in [3.05, 3.63) is 24.3 Å². The maximum Gasteiger partial charge on any atom is 0.322 e. The fourth-order valence-electron chi connectivity index (χ4n) is 1.91. The number of carbonyl (C=O) groups is 1. The van der Waals surface area contributed by atoms with Crippen LogP contribution >= 0.6 is 0 Å². The number of hydrogen-bond donors (Lipinski definition) is 4. The minimum Gasteiger partial charge on any atom is -0.378 e. The number of amides is 2. The van der Waals surface area contributed by atoms with Crippen LogP contribution in [0.25, 0.3) is 0 Å². The van der Waals surface area contributed by atoms with Gasteiger partial charge < -0.3 is 32.2 Å². The van der Waals surface area contributed by atoms with Crippen molar-refractivity contribution in [2.75, 3.05) is 31.6 Å². The van der Waals surface area contributed by atoms with Gasteiger partial charge in [-0.05, 0) is 18.2 Å². The lowest BCUT2D eigenvalue weighted by Crippen LogP contribution is -2.43. The smallest absolute Gasteiger partial charge is 0.322 e. The number of nitrogens with one attached hydrogen (secondary N) is 1. The first kappa shape index (κ1) is 15.6. The van der Waals surface area contributed by atoms with E-state index in [-0.39, 0.29) is 18.0 Å². The Morgan fingerprint density at radius 3 is 2.64 bits per heavy atom. The van der Waals surface area contributed by atoms with Crippen LogP contribution in [0.1, 0.15) is 0 Å². The van der Waals surface area contributed by atoms with Gasteiger partial charge in [0.05, 0.1) is 18.9 Å². The molecular weight excluding hydrogens is 286 g/mol. The van der Waals surface area contributed by atoms with E-state index in [9.17, 15) is 4.79 Å². The van der Waals surface area contributed by atoms with E-state index in [1.165, 1.54) is 0 Å². The highest BCUT2D eigenvalue weighted by molar-refractivity contribution is 5.94. The zero-order chi connectivity index (χ0) is 15.9. The number of benzene rings is 1. The predicted molar refractivity (Wildman–Crippen MR) is 84.9 cm³/mol. The third-order valence-electron chi connectivity index (χ3n) is 2.88. The van der Waals surface area contributed by atoms with Crippen LogP contribution in [-0.2, 0) is 4.74 Å². The van der Waals surface area contributed by atoms with Crippen LogP contribution in [0.5, 0.6) is 0 Å². The van der Waals surface area contributed by atoms with E-state index in [1.807, 2.05) is 0 Å². The highest BCUT2D eigenvalue weighted by Gasteiger charge is 2.16. The molecule has 7 N–H and O–H groups in total. The van der Waals surface area contributed by atoms with E-state index in [2.05, 4.69) is 15.3 Å². The number of carbonyl (C=O) groups excluding carboxylic acids is 1. The molecule has 1 aliphatic heterocycles. The summed E-state index contributed by atoms with van der Waals surface area (Å²) in [5.41, 5.74) is 17.1. The summed E-state index contributed by atoms with van der Waals surface area (Å²) in [6.07, 6.45) is 0. The molecular formula is C13H19N7O2. The number of guanidine groups is 2. The summed E-state index contributed by atoms with van der Waals surface area (Å²) < 4.78 is 5.21. The standard InChI is InChI=1S/C13H19N7O2/c14-11(15)19-12(16)17-9-2-1-3-10(8-9)18-13(21)20-4-6-22-7-5-20/h1-3,8H,4-7H2,(H,18,21)(H6,14,15,16,17,19). The highest BCUT2D eigenvalue weighted by atomic mass is 16.5. The second kappa shape index (κ2) is 7.27. The first-order valence-electron chi connectivity index (χ1n) is 6.72. The topological polar surface area (TPSA) is 144 Å². The zero-order valence-corrected chi connectivity index (χ0v) is 12.0. The lowest BCUT2D eigenvalue weighted by Gasteiger charge is -2.26. The Labute approximate surface area is 127 Å². The quantitative estimate of drug-likeness (QED) is 0.440. The Hall–Kier alpha value is -2.81. The molecule has 118 valence electrons.